The van der Waals surface area contributed by atoms with Crippen LogP contribution >= 0.6 is 0 Å². The van der Waals surface area contributed by atoms with Gasteiger partial charge in [0.15, 0.2) is 0 Å². The molecule has 5 nitrogen and oxygen atoms in total. The van der Waals surface area contributed by atoms with E-state index in [1.807, 2.05) is 0 Å². The van der Waals surface area contributed by atoms with Crippen LogP contribution in [0.1, 0.15) is 6.92 Å². The summed E-state index contributed by atoms with van der Waals surface area (Å²) >= 11 is 0. The highest BCUT2D eigenvalue weighted by Gasteiger charge is 2.17. The van der Waals surface area contributed by atoms with Crippen molar-refractivity contribution >= 4 is 23.2 Å². The zero-order chi connectivity index (χ0) is 16.8. The van der Waals surface area contributed by atoms with Gasteiger partial charge >= 0.3 is 11.8 Å². The van der Waals surface area contributed by atoms with Crippen LogP contribution < -0.4 is 15.4 Å². The fourth-order valence-corrected chi connectivity index (χ4v) is 1.80. The molecule has 0 aliphatic carbocycles. The van der Waals surface area contributed by atoms with Crippen molar-refractivity contribution in [2.75, 3.05) is 17.2 Å². The number of halogens is 2. The Morgan fingerprint density at radius 3 is 2.30 bits per heavy atom. The fraction of sp³-hybridized carbons (Fsp3) is 0.125. The molecular weight excluding hydrogens is 306 g/mol. The number of nitrogens with one attached hydrogen (secondary N) is 2. The summed E-state index contributed by atoms with van der Waals surface area (Å²) in [5, 5.41) is 4.45. The molecule has 0 spiro atoms. The third-order valence-corrected chi connectivity index (χ3v) is 2.82. The lowest BCUT2D eigenvalue weighted by atomic mass is 10.2. The predicted molar refractivity (Wildman–Crippen MR) is 81.2 cm³/mol. The second kappa shape index (κ2) is 7.35. The molecule has 2 aromatic rings. The van der Waals surface area contributed by atoms with Gasteiger partial charge in [-0.15, -0.1) is 0 Å². The van der Waals surface area contributed by atoms with E-state index in [-0.39, 0.29) is 5.69 Å². The second-order valence-corrected chi connectivity index (χ2v) is 4.46. The first kappa shape index (κ1) is 16.4. The van der Waals surface area contributed by atoms with E-state index in [1.54, 1.807) is 31.2 Å². The van der Waals surface area contributed by atoms with Crippen molar-refractivity contribution in [2.45, 2.75) is 6.92 Å². The molecule has 0 unspecified atom stereocenters. The molecule has 0 fully saturated rings. The van der Waals surface area contributed by atoms with E-state index in [0.717, 1.165) is 12.1 Å². The number of hydrogen-bond donors (Lipinski definition) is 2. The number of rotatable bonds is 4. The highest BCUT2D eigenvalue weighted by atomic mass is 19.1. The highest BCUT2D eigenvalue weighted by molar-refractivity contribution is 6.43. The quantitative estimate of drug-likeness (QED) is 0.851. The molecular formula is C16H14F2N2O3. The molecule has 0 aliphatic heterocycles. The Balaban J connectivity index is 2.07. The van der Waals surface area contributed by atoms with Gasteiger partial charge in [-0.3, -0.25) is 9.59 Å². The van der Waals surface area contributed by atoms with Gasteiger partial charge in [0.2, 0.25) is 0 Å². The Hall–Kier alpha value is -2.96. The Bertz CT molecular complexity index is 735. The monoisotopic (exact) mass is 320 g/mol. The minimum absolute atomic E-state index is 0.287. The molecule has 2 aromatic carbocycles. The average Bonchev–Trinajstić information content (AvgIpc) is 2.52. The third kappa shape index (κ3) is 4.26. The van der Waals surface area contributed by atoms with E-state index >= 15 is 0 Å². The lowest BCUT2D eigenvalue weighted by molar-refractivity contribution is -0.133. The van der Waals surface area contributed by atoms with Crippen LogP contribution in [0.25, 0.3) is 0 Å². The minimum Gasteiger partial charge on any atom is -0.492 e. The van der Waals surface area contributed by atoms with E-state index in [4.69, 9.17) is 4.74 Å². The Morgan fingerprint density at radius 2 is 1.65 bits per heavy atom. The summed E-state index contributed by atoms with van der Waals surface area (Å²) in [5.41, 5.74) is 0.0266. The molecule has 0 radical (unpaired) electrons. The van der Waals surface area contributed by atoms with Crippen LogP contribution in [0.2, 0.25) is 0 Å². The van der Waals surface area contributed by atoms with Crippen molar-refractivity contribution in [2.24, 2.45) is 0 Å². The summed E-state index contributed by atoms with van der Waals surface area (Å²) < 4.78 is 31.6. The van der Waals surface area contributed by atoms with Crippen LogP contribution in [0.15, 0.2) is 42.5 Å². The molecule has 2 amide bonds. The number of amides is 2. The molecule has 2 N–H and O–H groups in total. The van der Waals surface area contributed by atoms with E-state index in [1.165, 1.54) is 0 Å². The molecule has 2 rings (SSSR count). The van der Waals surface area contributed by atoms with Gasteiger partial charge in [0.1, 0.15) is 17.4 Å². The van der Waals surface area contributed by atoms with Gasteiger partial charge in [0.05, 0.1) is 18.0 Å². The number of para-hydroxylation sites is 2. The van der Waals surface area contributed by atoms with Crippen LogP contribution in [0.3, 0.4) is 0 Å². The maximum absolute atomic E-state index is 13.5. The van der Waals surface area contributed by atoms with Gasteiger partial charge in [-0.25, -0.2) is 8.78 Å². The lowest BCUT2D eigenvalue weighted by Crippen LogP contribution is -2.29. The topological polar surface area (TPSA) is 67.4 Å². The smallest absolute Gasteiger partial charge is 0.314 e. The summed E-state index contributed by atoms with van der Waals surface area (Å²) in [6.07, 6.45) is 0. The summed E-state index contributed by atoms with van der Waals surface area (Å²) in [6, 6.07) is 9.19. The van der Waals surface area contributed by atoms with Crippen LogP contribution in [0.5, 0.6) is 5.75 Å². The summed E-state index contributed by atoms with van der Waals surface area (Å²) in [5.74, 6) is -3.43. The molecule has 23 heavy (non-hydrogen) atoms. The van der Waals surface area contributed by atoms with Crippen molar-refractivity contribution in [1.82, 2.24) is 0 Å². The summed E-state index contributed by atoms with van der Waals surface area (Å²) in [6.45, 7) is 2.17. The van der Waals surface area contributed by atoms with E-state index < -0.39 is 23.4 Å². The molecule has 0 bridgehead atoms. The van der Waals surface area contributed by atoms with Gasteiger partial charge in [-0.2, -0.15) is 0 Å². The highest BCUT2D eigenvalue weighted by Crippen LogP contribution is 2.23. The summed E-state index contributed by atoms with van der Waals surface area (Å²) in [7, 11) is 0. The Kier molecular flexibility index (Phi) is 5.24. The first-order valence-electron chi connectivity index (χ1n) is 6.80. The first-order chi connectivity index (χ1) is 11.0. The zero-order valence-electron chi connectivity index (χ0n) is 12.2. The zero-order valence-corrected chi connectivity index (χ0v) is 12.2. The number of ether oxygens (including phenoxy) is 1. The van der Waals surface area contributed by atoms with Gasteiger partial charge in [-0.1, -0.05) is 12.1 Å². The van der Waals surface area contributed by atoms with Crippen LogP contribution in [-0.4, -0.2) is 18.4 Å². The normalized spacial score (nSPS) is 10.0. The van der Waals surface area contributed by atoms with Gasteiger partial charge in [0.25, 0.3) is 0 Å². The van der Waals surface area contributed by atoms with Gasteiger partial charge < -0.3 is 15.4 Å². The largest absolute Gasteiger partial charge is 0.492 e. The lowest BCUT2D eigenvalue weighted by Gasteiger charge is -2.11. The Labute approximate surface area is 131 Å². The van der Waals surface area contributed by atoms with Crippen molar-refractivity contribution in [3.63, 3.8) is 0 Å². The molecule has 7 heteroatoms. The SMILES string of the molecule is CCOc1ccccc1NC(=O)C(=O)Nc1ccc(F)cc1F. The van der Waals surface area contributed by atoms with Crippen LogP contribution in [0.4, 0.5) is 20.2 Å². The molecule has 0 saturated heterocycles. The molecule has 0 aliphatic rings. The number of anilines is 2. The maximum atomic E-state index is 13.5. The average molecular weight is 320 g/mol. The molecule has 0 saturated carbocycles. The molecule has 0 atom stereocenters. The van der Waals surface area contributed by atoms with E-state index in [0.29, 0.717) is 24.1 Å². The van der Waals surface area contributed by atoms with Gasteiger partial charge in [0, 0.05) is 6.07 Å². The molecule has 120 valence electrons. The standard InChI is InChI=1S/C16H14F2N2O3/c1-2-23-14-6-4-3-5-13(14)20-16(22)15(21)19-12-8-7-10(17)9-11(12)18/h3-9H,2H2,1H3,(H,19,21)(H,20,22). The van der Waals surface area contributed by atoms with E-state index in [9.17, 15) is 18.4 Å². The van der Waals surface area contributed by atoms with Crippen molar-refractivity contribution < 1.29 is 23.1 Å². The van der Waals surface area contributed by atoms with Crippen molar-refractivity contribution in [1.29, 1.82) is 0 Å². The maximum Gasteiger partial charge on any atom is 0.314 e. The summed E-state index contributed by atoms with van der Waals surface area (Å²) in [4.78, 5) is 23.7. The number of carbonyl (C=O) groups excluding carboxylic acids is 2. The van der Waals surface area contributed by atoms with Crippen molar-refractivity contribution in [3.05, 3.63) is 54.1 Å². The Morgan fingerprint density at radius 1 is 1.00 bits per heavy atom. The number of hydrogen-bond acceptors (Lipinski definition) is 3. The fourth-order valence-electron chi connectivity index (χ4n) is 1.80. The van der Waals surface area contributed by atoms with Crippen molar-refractivity contribution in [3.8, 4) is 5.75 Å². The third-order valence-electron chi connectivity index (χ3n) is 2.82. The minimum atomic E-state index is -1.08. The van der Waals surface area contributed by atoms with Crippen LogP contribution in [-0.2, 0) is 9.59 Å². The van der Waals surface area contributed by atoms with E-state index in [2.05, 4.69) is 10.6 Å². The van der Waals surface area contributed by atoms with Crippen LogP contribution in [0, 0.1) is 11.6 Å². The van der Waals surface area contributed by atoms with Gasteiger partial charge in [-0.05, 0) is 31.2 Å². The second-order valence-electron chi connectivity index (χ2n) is 4.46. The number of carbonyl (C=O) groups is 2. The number of benzene rings is 2. The molecule has 0 aromatic heterocycles. The first-order valence-corrected chi connectivity index (χ1v) is 6.80. The molecule has 0 heterocycles. The predicted octanol–water partition coefficient (Wildman–Crippen LogP) is 2.94.